The molecule has 0 radical (unpaired) electrons. The first-order valence-corrected chi connectivity index (χ1v) is 6.44. The Bertz CT molecular complexity index is 762. The van der Waals surface area contributed by atoms with E-state index in [0.29, 0.717) is 11.5 Å². The molecule has 0 atom stereocenters. The van der Waals surface area contributed by atoms with E-state index in [-0.39, 0.29) is 5.88 Å². The predicted molar refractivity (Wildman–Crippen MR) is 77.8 cm³/mol. The Balaban J connectivity index is 2.06. The van der Waals surface area contributed by atoms with Crippen LogP contribution in [0.15, 0.2) is 52.8 Å². The van der Waals surface area contributed by atoms with E-state index in [0.717, 1.165) is 17.3 Å². The van der Waals surface area contributed by atoms with Gasteiger partial charge in [-0.15, -0.1) is 10.2 Å². The van der Waals surface area contributed by atoms with Gasteiger partial charge in [-0.2, -0.15) is 0 Å². The lowest BCUT2D eigenvalue weighted by atomic mass is 10.1. The molecule has 100 valence electrons. The molecule has 3 aromatic rings. The minimum Gasteiger partial charge on any atom is -0.493 e. The average Bonchev–Trinajstić information content (AvgIpc) is 2.80. The second kappa shape index (κ2) is 5.13. The molecule has 20 heavy (non-hydrogen) atoms. The van der Waals surface area contributed by atoms with Crippen molar-refractivity contribution in [3.63, 3.8) is 0 Å². The number of H-pyrrole nitrogens is 1. The van der Waals surface area contributed by atoms with Crippen molar-refractivity contribution in [2.24, 2.45) is 10.2 Å². The zero-order valence-corrected chi connectivity index (χ0v) is 11.0. The van der Waals surface area contributed by atoms with Crippen LogP contribution in [0.3, 0.4) is 0 Å². The number of azo groups is 1. The number of aryl methyl sites for hydroxylation is 1. The van der Waals surface area contributed by atoms with Crippen LogP contribution in [-0.2, 0) is 6.42 Å². The van der Waals surface area contributed by atoms with Crippen LogP contribution < -0.4 is 0 Å². The van der Waals surface area contributed by atoms with Crippen molar-refractivity contribution in [2.75, 3.05) is 0 Å². The van der Waals surface area contributed by atoms with Crippen molar-refractivity contribution < 1.29 is 5.11 Å². The standard InChI is InChI=1S/C15H14N4O/c1-2-10-6-7-12-11(9-10)14(15(20)17-12)19-18-13-5-3-4-8-16-13/h3-9,17,20H,2H2,1H3. The van der Waals surface area contributed by atoms with Crippen LogP contribution in [0.2, 0.25) is 0 Å². The third-order valence-corrected chi connectivity index (χ3v) is 3.13. The van der Waals surface area contributed by atoms with E-state index in [1.165, 1.54) is 5.56 Å². The van der Waals surface area contributed by atoms with E-state index < -0.39 is 0 Å². The van der Waals surface area contributed by atoms with Crippen LogP contribution in [-0.4, -0.2) is 15.1 Å². The molecule has 1 aromatic carbocycles. The second-order valence-electron chi connectivity index (χ2n) is 4.44. The number of rotatable bonds is 3. The van der Waals surface area contributed by atoms with Gasteiger partial charge in [0.2, 0.25) is 5.88 Å². The predicted octanol–water partition coefficient (Wildman–Crippen LogP) is 4.25. The molecule has 0 saturated heterocycles. The number of aromatic hydroxyl groups is 1. The van der Waals surface area contributed by atoms with Crippen molar-refractivity contribution in [1.82, 2.24) is 9.97 Å². The van der Waals surface area contributed by atoms with Gasteiger partial charge in [0.1, 0.15) is 0 Å². The number of aromatic amines is 1. The molecule has 2 N–H and O–H groups in total. The molecular weight excluding hydrogens is 252 g/mol. The molecule has 0 aliphatic heterocycles. The Morgan fingerprint density at radius 1 is 1.20 bits per heavy atom. The van der Waals surface area contributed by atoms with E-state index in [1.54, 1.807) is 12.3 Å². The van der Waals surface area contributed by atoms with E-state index >= 15 is 0 Å². The van der Waals surface area contributed by atoms with Gasteiger partial charge in [0, 0.05) is 11.6 Å². The summed E-state index contributed by atoms with van der Waals surface area (Å²) in [7, 11) is 0. The van der Waals surface area contributed by atoms with E-state index in [9.17, 15) is 5.11 Å². The quantitative estimate of drug-likeness (QED) is 0.695. The third kappa shape index (κ3) is 2.25. The summed E-state index contributed by atoms with van der Waals surface area (Å²) >= 11 is 0. The number of benzene rings is 1. The summed E-state index contributed by atoms with van der Waals surface area (Å²) < 4.78 is 0. The van der Waals surface area contributed by atoms with Crippen LogP contribution in [0.5, 0.6) is 5.88 Å². The topological polar surface area (TPSA) is 73.6 Å². The number of pyridine rings is 1. The number of nitrogens with one attached hydrogen (secondary N) is 1. The van der Waals surface area contributed by atoms with Crippen molar-refractivity contribution in [3.05, 3.63) is 48.2 Å². The normalized spacial score (nSPS) is 11.4. The van der Waals surface area contributed by atoms with Crippen LogP contribution in [0.1, 0.15) is 12.5 Å². The van der Waals surface area contributed by atoms with Gasteiger partial charge in [0.15, 0.2) is 11.5 Å². The molecule has 0 amide bonds. The number of fused-ring (bicyclic) bond motifs is 1. The fourth-order valence-corrected chi connectivity index (χ4v) is 2.05. The lowest BCUT2D eigenvalue weighted by molar-refractivity contribution is 0.459. The van der Waals surface area contributed by atoms with Gasteiger partial charge < -0.3 is 10.1 Å². The third-order valence-electron chi connectivity index (χ3n) is 3.13. The van der Waals surface area contributed by atoms with Gasteiger partial charge in [-0.3, -0.25) is 0 Å². The number of hydrogen-bond donors (Lipinski definition) is 2. The molecule has 3 rings (SSSR count). The van der Waals surface area contributed by atoms with Gasteiger partial charge in [-0.05, 0) is 36.2 Å². The summed E-state index contributed by atoms with van der Waals surface area (Å²) in [4.78, 5) is 6.97. The van der Waals surface area contributed by atoms with Crippen molar-refractivity contribution in [2.45, 2.75) is 13.3 Å². The largest absolute Gasteiger partial charge is 0.493 e. The minimum absolute atomic E-state index is 0.0212. The summed E-state index contributed by atoms with van der Waals surface area (Å²) in [5, 5.41) is 19.0. The van der Waals surface area contributed by atoms with Gasteiger partial charge in [0.25, 0.3) is 0 Å². The minimum atomic E-state index is 0.0212. The van der Waals surface area contributed by atoms with Crippen LogP contribution >= 0.6 is 0 Å². The molecule has 2 aromatic heterocycles. The van der Waals surface area contributed by atoms with Gasteiger partial charge in [0.05, 0.1) is 5.52 Å². The van der Waals surface area contributed by atoms with Gasteiger partial charge in [-0.1, -0.05) is 19.1 Å². The van der Waals surface area contributed by atoms with Crippen LogP contribution in [0.4, 0.5) is 11.5 Å². The molecular formula is C15H14N4O. The molecule has 0 saturated carbocycles. The highest BCUT2D eigenvalue weighted by atomic mass is 16.3. The molecule has 0 aliphatic carbocycles. The molecule has 0 spiro atoms. The zero-order valence-electron chi connectivity index (χ0n) is 11.0. The smallest absolute Gasteiger partial charge is 0.218 e. The highest BCUT2D eigenvalue weighted by Crippen LogP contribution is 2.36. The lowest BCUT2D eigenvalue weighted by Crippen LogP contribution is -1.78. The Morgan fingerprint density at radius 3 is 2.85 bits per heavy atom. The summed E-state index contributed by atoms with van der Waals surface area (Å²) in [5.41, 5.74) is 2.47. The molecule has 5 heteroatoms. The van der Waals surface area contributed by atoms with Crippen molar-refractivity contribution >= 4 is 22.4 Å². The number of nitrogens with zero attached hydrogens (tertiary/aromatic N) is 3. The highest BCUT2D eigenvalue weighted by molar-refractivity contribution is 5.94. The monoisotopic (exact) mass is 266 g/mol. The summed E-state index contributed by atoms with van der Waals surface area (Å²) in [5.74, 6) is 0.529. The van der Waals surface area contributed by atoms with Crippen molar-refractivity contribution in [3.8, 4) is 5.88 Å². The maximum Gasteiger partial charge on any atom is 0.218 e. The van der Waals surface area contributed by atoms with E-state index in [4.69, 9.17) is 0 Å². The molecule has 0 fully saturated rings. The van der Waals surface area contributed by atoms with Gasteiger partial charge in [-0.25, -0.2) is 4.98 Å². The fraction of sp³-hybridized carbons (Fsp3) is 0.133. The highest BCUT2D eigenvalue weighted by Gasteiger charge is 2.10. The summed E-state index contributed by atoms with van der Waals surface area (Å²) in [6.07, 6.45) is 2.58. The molecule has 2 heterocycles. The Morgan fingerprint density at radius 2 is 2.10 bits per heavy atom. The zero-order chi connectivity index (χ0) is 13.9. The van der Waals surface area contributed by atoms with Crippen LogP contribution in [0, 0.1) is 0 Å². The Hall–Kier alpha value is -2.69. The summed E-state index contributed by atoms with van der Waals surface area (Å²) in [6, 6.07) is 11.4. The molecule has 0 unspecified atom stereocenters. The Kier molecular flexibility index (Phi) is 3.16. The summed E-state index contributed by atoms with van der Waals surface area (Å²) in [6.45, 7) is 2.09. The first-order valence-electron chi connectivity index (χ1n) is 6.44. The van der Waals surface area contributed by atoms with E-state index in [2.05, 4.69) is 27.1 Å². The molecule has 0 bridgehead atoms. The Labute approximate surface area is 116 Å². The first kappa shape index (κ1) is 12.3. The second-order valence-corrected chi connectivity index (χ2v) is 4.44. The van der Waals surface area contributed by atoms with Crippen molar-refractivity contribution in [1.29, 1.82) is 0 Å². The first-order chi connectivity index (χ1) is 9.78. The number of hydrogen-bond acceptors (Lipinski definition) is 4. The maximum atomic E-state index is 9.95. The lowest BCUT2D eigenvalue weighted by Gasteiger charge is -1.96. The number of aromatic nitrogens is 2. The maximum absolute atomic E-state index is 9.95. The van der Waals surface area contributed by atoms with E-state index in [1.807, 2.05) is 30.3 Å². The molecule has 0 aliphatic rings. The SMILES string of the molecule is CCc1ccc2[nH]c(O)c(N=Nc3ccccn3)c2c1. The van der Waals surface area contributed by atoms with Gasteiger partial charge >= 0.3 is 0 Å². The van der Waals surface area contributed by atoms with Crippen LogP contribution in [0.25, 0.3) is 10.9 Å². The molecule has 5 nitrogen and oxygen atoms in total. The average molecular weight is 266 g/mol. The fourth-order valence-electron chi connectivity index (χ4n) is 2.05.